The Morgan fingerprint density at radius 1 is 1.39 bits per heavy atom. The predicted octanol–water partition coefficient (Wildman–Crippen LogP) is 2.12. The van der Waals surface area contributed by atoms with Crippen molar-refractivity contribution < 1.29 is 14.4 Å². The lowest BCUT2D eigenvalue weighted by molar-refractivity contribution is -0.592. The number of nitrogen functional groups attached to an aromatic ring is 1. The molecule has 2 aromatic rings. The van der Waals surface area contributed by atoms with Crippen molar-refractivity contribution in [2.45, 2.75) is 19.4 Å². The Labute approximate surface area is 132 Å². The Bertz CT molecular complexity index is 791. The molecule has 1 aromatic carbocycles. The molecule has 0 radical (unpaired) electrons. The molecule has 0 aliphatic carbocycles. The third-order valence-electron chi connectivity index (χ3n) is 3.60. The van der Waals surface area contributed by atoms with Crippen LogP contribution in [0.25, 0.3) is 0 Å². The molecule has 1 aliphatic heterocycles. The summed E-state index contributed by atoms with van der Waals surface area (Å²) in [6.07, 6.45) is 1.40. The number of nitrogens with zero attached hydrogens (tertiary/aromatic N) is 3. The highest BCUT2D eigenvalue weighted by molar-refractivity contribution is 5.77. The third-order valence-corrected chi connectivity index (χ3v) is 3.60. The Hall–Kier alpha value is -3.03. The number of anilines is 3. The van der Waals surface area contributed by atoms with Crippen LogP contribution in [-0.2, 0) is 0 Å². The Morgan fingerprint density at radius 3 is 2.78 bits per heavy atom. The number of rotatable bonds is 2. The lowest BCUT2D eigenvalue weighted by Crippen LogP contribution is -2.48. The van der Waals surface area contributed by atoms with Crippen molar-refractivity contribution >= 4 is 22.9 Å². The van der Waals surface area contributed by atoms with Gasteiger partial charge in [0.15, 0.2) is 11.4 Å². The predicted molar refractivity (Wildman–Crippen MR) is 84.6 cm³/mol. The molecular formula is C15H16N4O4. The molecule has 1 aromatic heterocycles. The van der Waals surface area contributed by atoms with Crippen LogP contribution in [0.2, 0.25) is 0 Å². The highest BCUT2D eigenvalue weighted by Gasteiger charge is 2.39. The zero-order valence-corrected chi connectivity index (χ0v) is 12.7. The molecule has 0 saturated heterocycles. The molecule has 2 heterocycles. The minimum absolute atomic E-state index is 0.0236. The smallest absolute Gasteiger partial charge is 0.296 e. The molecule has 0 atom stereocenters. The van der Waals surface area contributed by atoms with Crippen molar-refractivity contribution in [1.29, 1.82) is 0 Å². The molecule has 2 N–H and O–H groups in total. The molecule has 0 fully saturated rings. The van der Waals surface area contributed by atoms with Crippen LogP contribution in [0.4, 0.5) is 22.9 Å². The van der Waals surface area contributed by atoms with Crippen LogP contribution in [0.1, 0.15) is 13.8 Å². The van der Waals surface area contributed by atoms with Crippen LogP contribution < -0.4 is 20.1 Å². The largest absolute Gasteiger partial charge is 0.711 e. The average Bonchev–Trinajstić information content (AvgIpc) is 2.46. The van der Waals surface area contributed by atoms with E-state index in [1.807, 2.05) is 13.8 Å². The molecule has 3 rings (SSSR count). The maximum Gasteiger partial charge on any atom is 0.296 e. The summed E-state index contributed by atoms with van der Waals surface area (Å²) in [5.74, 6) is 0.726. The van der Waals surface area contributed by atoms with E-state index in [4.69, 9.17) is 10.5 Å². The van der Waals surface area contributed by atoms with Gasteiger partial charge < -0.3 is 15.7 Å². The number of benzene rings is 1. The molecule has 23 heavy (non-hydrogen) atoms. The number of nitrogens with two attached hydrogens (primary N) is 1. The average molecular weight is 316 g/mol. The van der Waals surface area contributed by atoms with Crippen molar-refractivity contribution in [3.8, 4) is 5.75 Å². The van der Waals surface area contributed by atoms with Gasteiger partial charge in [-0.15, -0.1) is 0 Å². The van der Waals surface area contributed by atoms with Gasteiger partial charge in [0.25, 0.3) is 11.5 Å². The molecule has 8 heteroatoms. The van der Waals surface area contributed by atoms with Crippen molar-refractivity contribution in [3.63, 3.8) is 0 Å². The summed E-state index contributed by atoms with van der Waals surface area (Å²) in [6.45, 7) is 4.11. The van der Waals surface area contributed by atoms with E-state index < -0.39 is 10.5 Å². The second-order valence-corrected chi connectivity index (χ2v) is 5.97. The van der Waals surface area contributed by atoms with Gasteiger partial charge in [-0.05, 0) is 19.9 Å². The summed E-state index contributed by atoms with van der Waals surface area (Å²) >= 11 is 0. The van der Waals surface area contributed by atoms with Gasteiger partial charge >= 0.3 is 0 Å². The van der Waals surface area contributed by atoms with Gasteiger partial charge in [0.05, 0.1) is 17.2 Å². The van der Waals surface area contributed by atoms with E-state index in [1.54, 1.807) is 23.1 Å². The van der Waals surface area contributed by atoms with Gasteiger partial charge in [-0.2, -0.15) is 0 Å². The summed E-state index contributed by atoms with van der Waals surface area (Å²) < 4.78 is 6.58. The van der Waals surface area contributed by atoms with E-state index in [1.165, 1.54) is 18.3 Å². The SMILES string of the molecule is CC1(C)CN(c2cccc[n+]2[O-])c2cc(N)c([N+](=O)[O-])cc2O1. The number of hydrogen-bond donors (Lipinski definition) is 1. The molecule has 0 unspecified atom stereocenters. The third kappa shape index (κ3) is 2.59. The maximum atomic E-state index is 12.1. The van der Waals surface area contributed by atoms with Crippen molar-refractivity contribution in [2.75, 3.05) is 17.2 Å². The van der Waals surface area contributed by atoms with Gasteiger partial charge in [0.1, 0.15) is 17.8 Å². The summed E-state index contributed by atoms with van der Waals surface area (Å²) in [7, 11) is 0. The normalized spacial score (nSPS) is 15.7. The standard InChI is InChI=1S/C15H16N4O4/c1-15(2)9-17(14-5-3-4-6-18(14)20)12-7-10(16)11(19(21)22)8-13(12)23-15/h3-8H,9,16H2,1-2H3. The van der Waals surface area contributed by atoms with Crippen molar-refractivity contribution in [2.24, 2.45) is 0 Å². The molecule has 0 saturated carbocycles. The molecule has 8 nitrogen and oxygen atoms in total. The summed E-state index contributed by atoms with van der Waals surface area (Å²) in [4.78, 5) is 12.3. The van der Waals surface area contributed by atoms with Crippen molar-refractivity contribution in [1.82, 2.24) is 0 Å². The lowest BCUT2D eigenvalue weighted by Gasteiger charge is -2.36. The second kappa shape index (κ2) is 5.01. The first kappa shape index (κ1) is 14.9. The van der Waals surface area contributed by atoms with E-state index >= 15 is 0 Å². The zero-order chi connectivity index (χ0) is 16.8. The van der Waals surface area contributed by atoms with Crippen LogP contribution in [0.3, 0.4) is 0 Å². The quantitative estimate of drug-likeness (QED) is 0.299. The number of fused-ring (bicyclic) bond motifs is 1. The summed E-state index contributed by atoms with van der Waals surface area (Å²) in [6, 6.07) is 7.83. The molecule has 0 amide bonds. The monoisotopic (exact) mass is 316 g/mol. The number of nitro groups is 1. The highest BCUT2D eigenvalue weighted by Crippen LogP contribution is 2.44. The Balaban J connectivity index is 2.20. The first-order valence-electron chi connectivity index (χ1n) is 7.01. The number of pyridine rings is 1. The van der Waals surface area contributed by atoms with Crippen LogP contribution in [0.15, 0.2) is 36.5 Å². The Kier molecular flexibility index (Phi) is 3.24. The number of ether oxygens (including phenoxy) is 1. The molecule has 0 spiro atoms. The minimum Gasteiger partial charge on any atom is -0.711 e. The van der Waals surface area contributed by atoms with E-state index in [0.717, 1.165) is 4.73 Å². The van der Waals surface area contributed by atoms with Crippen LogP contribution in [0.5, 0.6) is 5.75 Å². The fourth-order valence-electron chi connectivity index (χ4n) is 2.65. The summed E-state index contributed by atoms with van der Waals surface area (Å²) in [5, 5.41) is 23.2. The van der Waals surface area contributed by atoms with Gasteiger partial charge in [-0.1, -0.05) is 6.07 Å². The number of hydrogen-bond acceptors (Lipinski definition) is 6. The second-order valence-electron chi connectivity index (χ2n) is 5.97. The molecule has 120 valence electrons. The zero-order valence-electron chi connectivity index (χ0n) is 12.7. The molecule has 0 bridgehead atoms. The minimum atomic E-state index is -0.625. The van der Waals surface area contributed by atoms with Gasteiger partial charge in [-0.3, -0.25) is 10.1 Å². The maximum absolute atomic E-state index is 12.1. The number of nitro benzene ring substituents is 1. The molecular weight excluding hydrogens is 300 g/mol. The van der Waals surface area contributed by atoms with Crippen LogP contribution in [-0.4, -0.2) is 17.1 Å². The molecule has 1 aliphatic rings. The lowest BCUT2D eigenvalue weighted by atomic mass is 10.0. The van der Waals surface area contributed by atoms with E-state index in [-0.39, 0.29) is 11.4 Å². The first-order valence-corrected chi connectivity index (χ1v) is 7.01. The van der Waals surface area contributed by atoms with Gasteiger partial charge in [0, 0.05) is 12.1 Å². The highest BCUT2D eigenvalue weighted by atomic mass is 16.6. The summed E-state index contributed by atoms with van der Waals surface area (Å²) in [5.41, 5.74) is 5.49. The first-order chi connectivity index (χ1) is 10.8. The van der Waals surface area contributed by atoms with Crippen LogP contribution >= 0.6 is 0 Å². The fourth-order valence-corrected chi connectivity index (χ4v) is 2.65. The topological polar surface area (TPSA) is 109 Å². The van der Waals surface area contributed by atoms with Gasteiger partial charge in [-0.25, -0.2) is 9.63 Å². The van der Waals surface area contributed by atoms with E-state index in [0.29, 0.717) is 23.8 Å². The Morgan fingerprint density at radius 2 is 2.13 bits per heavy atom. The van der Waals surface area contributed by atoms with Crippen molar-refractivity contribution in [3.05, 3.63) is 51.9 Å². The fraction of sp³-hybridized carbons (Fsp3) is 0.267. The van der Waals surface area contributed by atoms with E-state index in [9.17, 15) is 15.3 Å². The number of aromatic nitrogens is 1. The van der Waals surface area contributed by atoms with Gasteiger partial charge in [0.2, 0.25) is 0 Å². The van der Waals surface area contributed by atoms with E-state index in [2.05, 4.69) is 0 Å². The van der Waals surface area contributed by atoms with Crippen LogP contribution in [0, 0.1) is 15.3 Å².